The summed E-state index contributed by atoms with van der Waals surface area (Å²) in [6.45, 7) is 1.34. The molecule has 1 unspecified atom stereocenters. The van der Waals surface area contributed by atoms with Crippen LogP contribution in [0, 0.1) is 5.82 Å². The summed E-state index contributed by atoms with van der Waals surface area (Å²) in [5.74, 6) is -0.367. The van der Waals surface area contributed by atoms with Crippen molar-refractivity contribution in [2.45, 2.75) is 18.9 Å². The van der Waals surface area contributed by atoms with Gasteiger partial charge < -0.3 is 4.90 Å². The van der Waals surface area contributed by atoms with Gasteiger partial charge in [-0.15, -0.1) is 0 Å². The fourth-order valence-electron chi connectivity index (χ4n) is 2.99. The van der Waals surface area contributed by atoms with Crippen LogP contribution in [-0.4, -0.2) is 42.0 Å². The number of halogens is 1. The van der Waals surface area contributed by atoms with E-state index in [1.54, 1.807) is 35.5 Å². The van der Waals surface area contributed by atoms with Crippen LogP contribution in [0.2, 0.25) is 0 Å². The first kappa shape index (κ1) is 15.6. The molecule has 23 heavy (non-hydrogen) atoms. The fraction of sp³-hybridized carbons (Fsp3) is 0.333. The van der Waals surface area contributed by atoms with E-state index in [2.05, 4.69) is 9.88 Å². The van der Waals surface area contributed by atoms with Crippen LogP contribution in [-0.2, 0) is 11.2 Å². The number of benzene rings is 1. The predicted octanol–water partition coefficient (Wildman–Crippen LogP) is 2.50. The van der Waals surface area contributed by atoms with Crippen LogP contribution in [0.15, 0.2) is 48.8 Å². The number of carbonyl (C=O) groups is 1. The summed E-state index contributed by atoms with van der Waals surface area (Å²) in [6.07, 6.45) is 5.13. The van der Waals surface area contributed by atoms with Gasteiger partial charge in [-0.3, -0.25) is 14.7 Å². The number of hydrogen-bond acceptors (Lipinski definition) is 3. The van der Waals surface area contributed by atoms with Crippen molar-refractivity contribution in [2.75, 3.05) is 25.0 Å². The Balaban J connectivity index is 1.63. The predicted molar refractivity (Wildman–Crippen MR) is 87.7 cm³/mol. The van der Waals surface area contributed by atoms with Crippen LogP contribution in [0.5, 0.6) is 0 Å². The first-order valence-corrected chi connectivity index (χ1v) is 7.82. The van der Waals surface area contributed by atoms with Gasteiger partial charge in [-0.2, -0.15) is 0 Å². The van der Waals surface area contributed by atoms with E-state index < -0.39 is 0 Å². The first-order valence-electron chi connectivity index (χ1n) is 7.82. The number of likely N-dealkylation sites (N-methyl/N-ethyl adjacent to an activating group) is 1. The average Bonchev–Trinajstić information content (AvgIpc) is 2.95. The van der Waals surface area contributed by atoms with Gasteiger partial charge in [0.05, 0.1) is 11.7 Å². The molecule has 1 fully saturated rings. The second-order valence-electron chi connectivity index (χ2n) is 5.83. The lowest BCUT2D eigenvalue weighted by Gasteiger charge is -2.24. The molecule has 1 aromatic carbocycles. The number of nitrogens with zero attached hydrogens (tertiary/aromatic N) is 3. The molecular weight excluding hydrogens is 293 g/mol. The standard InChI is InChI=1S/C18H20FN3O/c1-21(12-8-14-6-10-20-11-7-14)17-9-13-22(18(17)23)16-5-3-2-4-15(16)19/h2-7,10-11,17H,8-9,12-13H2,1H3. The van der Waals surface area contributed by atoms with Gasteiger partial charge in [0.25, 0.3) is 0 Å². The number of anilines is 1. The normalized spacial score (nSPS) is 18.0. The summed E-state index contributed by atoms with van der Waals surface area (Å²) >= 11 is 0. The molecule has 1 amide bonds. The van der Waals surface area contributed by atoms with Crippen molar-refractivity contribution < 1.29 is 9.18 Å². The summed E-state index contributed by atoms with van der Waals surface area (Å²) in [5, 5.41) is 0. The number of para-hydroxylation sites is 1. The molecular formula is C18H20FN3O. The second kappa shape index (κ2) is 6.87. The lowest BCUT2D eigenvalue weighted by Crippen LogP contribution is -2.40. The van der Waals surface area contributed by atoms with Gasteiger partial charge in [0.2, 0.25) is 5.91 Å². The van der Waals surface area contributed by atoms with Crippen molar-refractivity contribution in [3.05, 3.63) is 60.2 Å². The van der Waals surface area contributed by atoms with Crippen LogP contribution in [0.25, 0.3) is 0 Å². The van der Waals surface area contributed by atoms with E-state index in [-0.39, 0.29) is 17.8 Å². The molecule has 3 rings (SSSR count). The molecule has 0 saturated carbocycles. The average molecular weight is 313 g/mol. The molecule has 0 aliphatic carbocycles. The maximum Gasteiger partial charge on any atom is 0.244 e. The topological polar surface area (TPSA) is 36.4 Å². The maximum absolute atomic E-state index is 13.9. The van der Waals surface area contributed by atoms with E-state index in [1.807, 2.05) is 19.2 Å². The van der Waals surface area contributed by atoms with Crippen molar-refractivity contribution >= 4 is 11.6 Å². The highest BCUT2D eigenvalue weighted by atomic mass is 19.1. The van der Waals surface area contributed by atoms with E-state index in [9.17, 15) is 9.18 Å². The Labute approximate surface area is 135 Å². The summed E-state index contributed by atoms with van der Waals surface area (Å²) in [5.41, 5.74) is 1.57. The number of amides is 1. The van der Waals surface area contributed by atoms with Crippen LogP contribution >= 0.6 is 0 Å². The molecule has 0 spiro atoms. The third kappa shape index (κ3) is 3.40. The van der Waals surface area contributed by atoms with Gasteiger partial charge in [-0.1, -0.05) is 12.1 Å². The van der Waals surface area contributed by atoms with Crippen molar-refractivity contribution in [3.63, 3.8) is 0 Å². The van der Waals surface area contributed by atoms with Gasteiger partial charge in [0.1, 0.15) is 5.82 Å². The quantitative estimate of drug-likeness (QED) is 0.851. The molecule has 1 saturated heterocycles. The molecule has 1 aromatic heterocycles. The Kier molecular flexibility index (Phi) is 4.67. The van der Waals surface area contributed by atoms with Crippen molar-refractivity contribution in [1.29, 1.82) is 0 Å². The molecule has 120 valence electrons. The molecule has 1 atom stereocenters. The highest BCUT2D eigenvalue weighted by Gasteiger charge is 2.35. The van der Waals surface area contributed by atoms with E-state index in [1.165, 1.54) is 11.6 Å². The van der Waals surface area contributed by atoms with Gasteiger partial charge in [-0.25, -0.2) is 4.39 Å². The zero-order valence-corrected chi connectivity index (χ0v) is 13.2. The Morgan fingerprint density at radius 3 is 2.74 bits per heavy atom. The third-order valence-electron chi connectivity index (χ3n) is 4.36. The number of rotatable bonds is 5. The number of carbonyl (C=O) groups excluding carboxylic acids is 1. The maximum atomic E-state index is 13.9. The highest BCUT2D eigenvalue weighted by Crippen LogP contribution is 2.26. The largest absolute Gasteiger partial charge is 0.308 e. The number of pyridine rings is 1. The zero-order chi connectivity index (χ0) is 16.2. The van der Waals surface area contributed by atoms with E-state index >= 15 is 0 Å². The lowest BCUT2D eigenvalue weighted by molar-refractivity contribution is -0.121. The Morgan fingerprint density at radius 2 is 2.00 bits per heavy atom. The minimum atomic E-state index is -0.346. The highest BCUT2D eigenvalue weighted by molar-refractivity contribution is 5.99. The first-order chi connectivity index (χ1) is 11.2. The Bertz CT molecular complexity index is 677. The molecule has 4 nitrogen and oxygen atoms in total. The molecule has 1 aliphatic heterocycles. The van der Waals surface area contributed by atoms with Crippen LogP contribution < -0.4 is 4.90 Å². The molecule has 2 aromatic rings. The van der Waals surface area contributed by atoms with Gasteiger partial charge in [-0.05, 0) is 49.7 Å². The third-order valence-corrected chi connectivity index (χ3v) is 4.36. The minimum absolute atomic E-state index is 0.0210. The Hall–Kier alpha value is -2.27. The molecule has 5 heteroatoms. The smallest absolute Gasteiger partial charge is 0.244 e. The lowest BCUT2D eigenvalue weighted by atomic mass is 10.1. The molecule has 2 heterocycles. The monoisotopic (exact) mass is 313 g/mol. The van der Waals surface area contributed by atoms with Crippen LogP contribution in [0.1, 0.15) is 12.0 Å². The van der Waals surface area contributed by atoms with Gasteiger partial charge in [0.15, 0.2) is 0 Å². The summed E-state index contributed by atoms with van der Waals surface area (Å²) < 4.78 is 13.9. The minimum Gasteiger partial charge on any atom is -0.308 e. The number of hydrogen-bond donors (Lipinski definition) is 0. The van der Waals surface area contributed by atoms with Crippen LogP contribution in [0.3, 0.4) is 0 Å². The van der Waals surface area contributed by atoms with Crippen molar-refractivity contribution in [3.8, 4) is 0 Å². The summed E-state index contributed by atoms with van der Waals surface area (Å²) in [7, 11) is 1.95. The number of aromatic nitrogens is 1. The summed E-state index contributed by atoms with van der Waals surface area (Å²) in [4.78, 5) is 20.2. The van der Waals surface area contributed by atoms with Crippen LogP contribution in [0.4, 0.5) is 10.1 Å². The van der Waals surface area contributed by atoms with Gasteiger partial charge >= 0.3 is 0 Å². The molecule has 0 bridgehead atoms. The summed E-state index contributed by atoms with van der Waals surface area (Å²) in [6, 6.07) is 10.2. The molecule has 1 aliphatic rings. The van der Waals surface area contributed by atoms with E-state index in [4.69, 9.17) is 0 Å². The zero-order valence-electron chi connectivity index (χ0n) is 13.2. The Morgan fingerprint density at radius 1 is 1.26 bits per heavy atom. The van der Waals surface area contributed by atoms with Gasteiger partial charge in [0, 0.05) is 25.5 Å². The SMILES string of the molecule is CN(CCc1ccncc1)C1CCN(c2ccccc2F)C1=O. The fourth-order valence-corrected chi connectivity index (χ4v) is 2.99. The van der Waals surface area contributed by atoms with Crippen molar-refractivity contribution in [2.24, 2.45) is 0 Å². The molecule has 0 radical (unpaired) electrons. The van der Waals surface area contributed by atoms with E-state index in [0.717, 1.165) is 19.4 Å². The van der Waals surface area contributed by atoms with E-state index in [0.29, 0.717) is 12.2 Å². The molecule has 0 N–H and O–H groups in total. The van der Waals surface area contributed by atoms with Crippen molar-refractivity contribution in [1.82, 2.24) is 9.88 Å². The second-order valence-corrected chi connectivity index (χ2v) is 5.83.